The molecule has 1 amide bonds. The Labute approximate surface area is 198 Å². The van der Waals surface area contributed by atoms with Gasteiger partial charge in [0.15, 0.2) is 6.61 Å². The lowest BCUT2D eigenvalue weighted by molar-refractivity contribution is -0.129. The summed E-state index contributed by atoms with van der Waals surface area (Å²) in [7, 11) is 1.60. The van der Waals surface area contributed by atoms with Crippen molar-refractivity contribution in [3.05, 3.63) is 95.1 Å². The van der Waals surface area contributed by atoms with E-state index in [-0.39, 0.29) is 12.5 Å². The zero-order chi connectivity index (χ0) is 24.3. The molecule has 7 heteroatoms. The predicted octanol–water partition coefficient (Wildman–Crippen LogP) is 4.46. The molecule has 0 aliphatic carbocycles. The highest BCUT2D eigenvalue weighted by Crippen LogP contribution is 2.22. The first kappa shape index (κ1) is 24.3. The van der Waals surface area contributed by atoms with Gasteiger partial charge in [0.2, 0.25) is 0 Å². The Balaban J connectivity index is 1.44. The summed E-state index contributed by atoms with van der Waals surface area (Å²) in [5, 5.41) is 3.93. The molecule has 1 N–H and O–H groups in total. The molecule has 0 unspecified atom stereocenters. The summed E-state index contributed by atoms with van der Waals surface area (Å²) in [6, 6.07) is 19.8. The van der Waals surface area contributed by atoms with Crippen molar-refractivity contribution in [2.45, 2.75) is 13.8 Å². The summed E-state index contributed by atoms with van der Waals surface area (Å²) < 4.78 is 16.0. The first-order valence-corrected chi connectivity index (χ1v) is 10.6. The lowest BCUT2D eigenvalue weighted by Gasteiger charge is -2.10. The minimum atomic E-state index is -0.492. The molecular formula is C27H26N2O5. The fourth-order valence-corrected chi connectivity index (χ4v) is 3.03. The van der Waals surface area contributed by atoms with E-state index in [2.05, 4.69) is 10.5 Å². The van der Waals surface area contributed by atoms with E-state index in [1.807, 2.05) is 56.3 Å². The number of hydrazone groups is 1. The molecule has 0 radical (unpaired) electrons. The summed E-state index contributed by atoms with van der Waals surface area (Å²) in [6.07, 6.45) is 4.51. The maximum absolute atomic E-state index is 12.0. The van der Waals surface area contributed by atoms with Crippen LogP contribution in [0.4, 0.5) is 0 Å². The van der Waals surface area contributed by atoms with E-state index < -0.39 is 5.97 Å². The Morgan fingerprint density at radius 1 is 0.882 bits per heavy atom. The number of benzene rings is 3. The highest BCUT2D eigenvalue weighted by molar-refractivity contribution is 5.89. The van der Waals surface area contributed by atoms with E-state index in [0.717, 1.165) is 28.0 Å². The molecule has 0 saturated carbocycles. The second kappa shape index (κ2) is 12.0. The average molecular weight is 459 g/mol. The van der Waals surface area contributed by atoms with Gasteiger partial charge in [0.05, 0.1) is 13.3 Å². The largest absolute Gasteiger partial charge is 0.497 e. The molecule has 0 aromatic heterocycles. The zero-order valence-electron chi connectivity index (χ0n) is 19.3. The van der Waals surface area contributed by atoms with Gasteiger partial charge in [0.25, 0.3) is 5.91 Å². The number of methoxy groups -OCH3 is 1. The highest BCUT2D eigenvalue weighted by Gasteiger charge is 2.06. The van der Waals surface area contributed by atoms with Crippen LogP contribution in [0.2, 0.25) is 0 Å². The second-order valence-corrected chi connectivity index (χ2v) is 7.40. The monoisotopic (exact) mass is 458 g/mol. The lowest BCUT2D eigenvalue weighted by Crippen LogP contribution is -2.25. The fraction of sp³-hybridized carbons (Fsp3) is 0.148. The molecule has 0 saturated heterocycles. The van der Waals surface area contributed by atoms with Crippen LogP contribution in [0.1, 0.15) is 22.3 Å². The molecule has 3 aromatic carbocycles. The van der Waals surface area contributed by atoms with Crippen molar-refractivity contribution in [2.24, 2.45) is 5.10 Å². The van der Waals surface area contributed by atoms with Gasteiger partial charge >= 0.3 is 5.97 Å². The average Bonchev–Trinajstić information content (AvgIpc) is 2.84. The molecule has 0 heterocycles. The molecular weight excluding hydrogens is 432 g/mol. The van der Waals surface area contributed by atoms with Gasteiger partial charge in [-0.2, -0.15) is 5.10 Å². The van der Waals surface area contributed by atoms with Crippen molar-refractivity contribution < 1.29 is 23.8 Å². The molecule has 7 nitrogen and oxygen atoms in total. The number of hydrogen-bond donors (Lipinski definition) is 1. The van der Waals surface area contributed by atoms with Crippen LogP contribution < -0.4 is 19.6 Å². The van der Waals surface area contributed by atoms with Gasteiger partial charge < -0.3 is 14.2 Å². The number of ether oxygens (including phenoxy) is 3. The summed E-state index contributed by atoms with van der Waals surface area (Å²) in [5.41, 5.74) is 5.94. The van der Waals surface area contributed by atoms with Crippen molar-refractivity contribution >= 4 is 24.2 Å². The third kappa shape index (κ3) is 7.34. The molecule has 174 valence electrons. The smallest absolute Gasteiger partial charge is 0.336 e. The van der Waals surface area contributed by atoms with Gasteiger partial charge in [-0.25, -0.2) is 10.2 Å². The molecule has 0 bridgehead atoms. The number of nitrogens with one attached hydrogen (secondary N) is 1. The van der Waals surface area contributed by atoms with Crippen LogP contribution in [-0.2, 0) is 9.59 Å². The van der Waals surface area contributed by atoms with Crippen molar-refractivity contribution in [3.63, 3.8) is 0 Å². The summed E-state index contributed by atoms with van der Waals surface area (Å²) >= 11 is 0. The van der Waals surface area contributed by atoms with Crippen LogP contribution in [0.25, 0.3) is 6.08 Å². The number of rotatable bonds is 9. The summed E-state index contributed by atoms with van der Waals surface area (Å²) in [4.78, 5) is 24.0. The van der Waals surface area contributed by atoms with E-state index in [1.54, 1.807) is 37.5 Å². The second-order valence-electron chi connectivity index (χ2n) is 7.40. The van der Waals surface area contributed by atoms with Crippen LogP contribution in [0.5, 0.6) is 17.2 Å². The normalized spacial score (nSPS) is 10.9. The number of hydrogen-bond acceptors (Lipinski definition) is 6. The Morgan fingerprint density at radius 3 is 2.15 bits per heavy atom. The fourth-order valence-electron chi connectivity index (χ4n) is 3.03. The first-order valence-electron chi connectivity index (χ1n) is 10.6. The molecule has 0 aliphatic heterocycles. The number of para-hydroxylation sites is 1. The Bertz CT molecular complexity index is 1160. The quantitative estimate of drug-likeness (QED) is 0.168. The van der Waals surface area contributed by atoms with Crippen molar-refractivity contribution in [1.29, 1.82) is 0 Å². The number of esters is 1. The molecule has 34 heavy (non-hydrogen) atoms. The van der Waals surface area contributed by atoms with Gasteiger partial charge in [-0.1, -0.05) is 30.3 Å². The summed E-state index contributed by atoms with van der Waals surface area (Å²) in [6.45, 7) is 3.72. The first-order chi connectivity index (χ1) is 16.4. The third-order valence-electron chi connectivity index (χ3n) is 4.79. The number of amides is 1. The maximum Gasteiger partial charge on any atom is 0.336 e. The van der Waals surface area contributed by atoms with E-state index >= 15 is 0 Å². The molecule has 0 fully saturated rings. The minimum absolute atomic E-state index is 0.137. The van der Waals surface area contributed by atoms with E-state index in [9.17, 15) is 9.59 Å². The maximum atomic E-state index is 12.0. The Morgan fingerprint density at radius 2 is 1.50 bits per heavy atom. The van der Waals surface area contributed by atoms with Crippen LogP contribution >= 0.6 is 0 Å². The molecule has 0 spiro atoms. The number of carbonyl (C=O) groups excluding carboxylic acids is 2. The van der Waals surface area contributed by atoms with Gasteiger partial charge in [-0.05, 0) is 78.6 Å². The zero-order valence-corrected chi connectivity index (χ0v) is 19.3. The van der Waals surface area contributed by atoms with Crippen molar-refractivity contribution in [3.8, 4) is 17.2 Å². The van der Waals surface area contributed by atoms with Crippen LogP contribution in [0, 0.1) is 13.8 Å². The third-order valence-corrected chi connectivity index (χ3v) is 4.79. The van der Waals surface area contributed by atoms with E-state index in [4.69, 9.17) is 14.2 Å². The van der Waals surface area contributed by atoms with Gasteiger partial charge in [-0.15, -0.1) is 0 Å². The summed E-state index contributed by atoms with van der Waals surface area (Å²) in [5.74, 6) is 0.980. The molecule has 0 aliphatic rings. The minimum Gasteiger partial charge on any atom is -0.497 e. The van der Waals surface area contributed by atoms with Crippen molar-refractivity contribution in [2.75, 3.05) is 13.7 Å². The van der Waals surface area contributed by atoms with E-state index in [1.165, 1.54) is 12.3 Å². The van der Waals surface area contributed by atoms with Crippen LogP contribution in [0.3, 0.4) is 0 Å². The molecule has 3 aromatic rings. The Hall–Kier alpha value is -4.39. The van der Waals surface area contributed by atoms with Crippen molar-refractivity contribution in [1.82, 2.24) is 5.43 Å². The SMILES string of the molecule is COc1ccc(/C=C\C(=O)Oc2ccc(/C=N\NC(=O)COc3c(C)cccc3C)cc2)cc1. The number of aryl methyl sites for hydroxylation is 2. The van der Waals surface area contributed by atoms with Gasteiger partial charge in [0, 0.05) is 6.08 Å². The highest BCUT2D eigenvalue weighted by atomic mass is 16.5. The molecule has 0 atom stereocenters. The number of nitrogens with zero attached hydrogens (tertiary/aromatic N) is 1. The number of carbonyl (C=O) groups is 2. The Kier molecular flexibility index (Phi) is 8.57. The van der Waals surface area contributed by atoms with Crippen LogP contribution in [0.15, 0.2) is 77.9 Å². The van der Waals surface area contributed by atoms with E-state index in [0.29, 0.717) is 11.5 Å². The molecule has 3 rings (SSSR count). The topological polar surface area (TPSA) is 86.2 Å². The standard InChI is InChI=1S/C27H26N2O5/c1-19-5-4-6-20(2)27(19)33-18-25(30)29-28-17-22-9-14-24(15-10-22)34-26(31)16-11-21-7-12-23(32-3)13-8-21/h4-17H,18H2,1-3H3,(H,29,30)/b16-11-,28-17-. The van der Waals surface area contributed by atoms with Crippen LogP contribution in [-0.4, -0.2) is 31.8 Å². The lowest BCUT2D eigenvalue weighted by atomic mass is 10.1. The van der Waals surface area contributed by atoms with Gasteiger partial charge in [0.1, 0.15) is 17.2 Å². The van der Waals surface area contributed by atoms with Gasteiger partial charge in [-0.3, -0.25) is 4.79 Å². The predicted molar refractivity (Wildman–Crippen MR) is 131 cm³/mol.